The molecule has 63 heavy (non-hydrogen) atoms. The fourth-order valence-electron chi connectivity index (χ4n) is 7.18. The van der Waals surface area contributed by atoms with E-state index < -0.39 is 77.2 Å². The van der Waals surface area contributed by atoms with Crippen LogP contribution in [-0.4, -0.2) is 99.7 Å². The van der Waals surface area contributed by atoms with Gasteiger partial charge in [0, 0.05) is 93.1 Å². The van der Waals surface area contributed by atoms with E-state index in [9.17, 15) is 47.8 Å². The Hall–Kier alpha value is -5.25. The average Bonchev–Trinajstić information content (AvgIpc) is 3.70. The van der Waals surface area contributed by atoms with Crippen LogP contribution in [0, 0.1) is 0 Å². The second-order valence-corrected chi connectivity index (χ2v) is 19.2. The lowest BCUT2D eigenvalue weighted by Crippen LogP contribution is -2.34. The summed E-state index contributed by atoms with van der Waals surface area (Å²) in [5.74, 6) is -0.194. The summed E-state index contributed by atoms with van der Waals surface area (Å²) in [4.78, 5) is 95.0. The Labute approximate surface area is 356 Å². The van der Waals surface area contributed by atoms with E-state index in [4.69, 9.17) is 24.0 Å². The van der Waals surface area contributed by atoms with Crippen molar-refractivity contribution in [1.82, 2.24) is 14.9 Å². The first-order chi connectivity index (χ1) is 29.5. The number of ether oxygens (including phenoxy) is 3. The summed E-state index contributed by atoms with van der Waals surface area (Å²) >= 11 is 0. The summed E-state index contributed by atoms with van der Waals surface area (Å²) in [6.07, 6.45) is -0.671. The van der Waals surface area contributed by atoms with Gasteiger partial charge in [-0.05, 0) is 42.5 Å². The van der Waals surface area contributed by atoms with Crippen LogP contribution in [0.15, 0.2) is 76.5 Å². The number of phosphoric ester groups is 1. The van der Waals surface area contributed by atoms with Crippen molar-refractivity contribution in [3.05, 3.63) is 121 Å². The van der Waals surface area contributed by atoms with Crippen LogP contribution in [0.25, 0.3) is 6.08 Å². The van der Waals surface area contributed by atoms with E-state index in [0.29, 0.717) is 28.2 Å². The smallest absolute Gasteiger partial charge is 0.456 e. The molecule has 1 fully saturated rings. The highest BCUT2D eigenvalue weighted by molar-refractivity contribution is 7.66. The van der Waals surface area contributed by atoms with E-state index in [0.717, 1.165) is 22.1 Å². The topological polar surface area (TPSA) is 315 Å². The number of amides is 1. The van der Waals surface area contributed by atoms with E-state index >= 15 is 0 Å². The number of aromatic amines is 1. The maximum Gasteiger partial charge on any atom is 0.490 e. The number of aromatic nitrogens is 2. The van der Waals surface area contributed by atoms with Gasteiger partial charge >= 0.3 is 35.1 Å². The number of carbonyl (C=O) groups excluding carboxylic acids is 2. The number of nitrogens with zero attached hydrogens (tertiary/aromatic N) is 3. The molecule has 336 valence electrons. The molecule has 5 unspecified atom stereocenters. The number of phosphoric acid groups is 3. The summed E-state index contributed by atoms with van der Waals surface area (Å²) < 4.78 is 65.6. The van der Waals surface area contributed by atoms with E-state index in [2.05, 4.69) is 23.4 Å². The third kappa shape index (κ3) is 9.51. The normalized spacial score (nSPS) is 20.5. The molecule has 3 aliphatic heterocycles. The molecule has 0 radical (unpaired) electrons. The highest BCUT2D eigenvalue weighted by Gasteiger charge is 2.54. The van der Waals surface area contributed by atoms with Crippen molar-refractivity contribution in [1.29, 1.82) is 0 Å². The first-order valence-electron chi connectivity index (χ1n) is 18.6. The Morgan fingerprint density at radius 3 is 2.14 bits per heavy atom. The first kappa shape index (κ1) is 45.8. The maximum absolute atomic E-state index is 13.6. The molecule has 23 nitrogen and oxygen atoms in total. The maximum atomic E-state index is 13.6. The number of aliphatic hydroxyl groups is 1. The quantitative estimate of drug-likeness (QED) is 0.0706. The fraction of sp³-hybridized carbons (Fsp3) is 0.297. The van der Waals surface area contributed by atoms with Gasteiger partial charge in [0.05, 0.1) is 23.8 Å². The van der Waals surface area contributed by atoms with Gasteiger partial charge in [-0.1, -0.05) is 12.2 Å². The van der Waals surface area contributed by atoms with Crippen LogP contribution >= 0.6 is 23.5 Å². The van der Waals surface area contributed by atoms with Gasteiger partial charge in [0.1, 0.15) is 23.8 Å². The molecule has 1 spiro atoms. The Balaban J connectivity index is 1.06. The predicted octanol–water partition coefficient (Wildman–Crippen LogP) is 2.67. The van der Waals surface area contributed by atoms with Gasteiger partial charge in [0.15, 0.2) is 5.60 Å². The SMILES string of the molecule is CN(C)c1ccc2c(c1)Oc1cc(N(C)C)ccc1C21OC(=O)c2ccc(C(=O)NC/C=C/c3cn(C4CC(O)C(COP(=O)(O)OP(=O)(O)OP(=O)(O)O)O4)c(=O)[nH]c3=O)cc21. The summed E-state index contributed by atoms with van der Waals surface area (Å²) in [6, 6.07) is 15.7. The van der Waals surface area contributed by atoms with Crippen LogP contribution in [-0.2, 0) is 41.9 Å². The van der Waals surface area contributed by atoms with Crippen LogP contribution in [0.3, 0.4) is 0 Å². The Morgan fingerprint density at radius 1 is 0.905 bits per heavy atom. The molecule has 0 saturated carbocycles. The third-order valence-corrected chi connectivity index (χ3v) is 13.9. The van der Waals surface area contributed by atoms with Crippen molar-refractivity contribution in [2.24, 2.45) is 0 Å². The highest BCUT2D eigenvalue weighted by atomic mass is 31.3. The first-order valence-corrected chi connectivity index (χ1v) is 23.1. The molecule has 7 rings (SSSR count). The second-order valence-electron chi connectivity index (χ2n) is 14.8. The third-order valence-electron chi connectivity index (χ3n) is 10.1. The van der Waals surface area contributed by atoms with E-state index in [1.807, 2.05) is 74.4 Å². The minimum atomic E-state index is -5.80. The molecule has 3 aliphatic rings. The number of hydrogen-bond donors (Lipinski definition) is 7. The molecule has 0 bridgehead atoms. The summed E-state index contributed by atoms with van der Waals surface area (Å²) in [6.45, 7) is -1.10. The molecule has 5 atom stereocenters. The van der Waals surface area contributed by atoms with Gasteiger partial charge in [0.2, 0.25) is 0 Å². The van der Waals surface area contributed by atoms with Gasteiger partial charge < -0.3 is 54.0 Å². The minimum Gasteiger partial charge on any atom is -0.456 e. The molecule has 1 amide bonds. The lowest BCUT2D eigenvalue weighted by molar-refractivity contribution is -0.0450. The summed E-state index contributed by atoms with van der Waals surface area (Å²) in [5, 5.41) is 13.2. The monoisotopic (exact) mass is 935 g/mol. The number of H-pyrrole nitrogens is 1. The molecule has 4 aromatic rings. The number of anilines is 2. The predicted molar refractivity (Wildman–Crippen MR) is 220 cm³/mol. The zero-order valence-corrected chi connectivity index (χ0v) is 36.2. The summed E-state index contributed by atoms with van der Waals surface area (Å²) in [7, 11) is -9.42. The van der Waals surface area contributed by atoms with Gasteiger partial charge in [-0.15, -0.1) is 0 Å². The van der Waals surface area contributed by atoms with Gasteiger partial charge in [-0.25, -0.2) is 23.3 Å². The largest absolute Gasteiger partial charge is 0.490 e. The van der Waals surface area contributed by atoms with Gasteiger partial charge in [-0.3, -0.25) is 23.7 Å². The lowest BCUT2D eigenvalue weighted by atomic mass is 9.77. The van der Waals surface area contributed by atoms with Crippen molar-refractivity contribution >= 4 is 52.8 Å². The molecule has 3 aromatic carbocycles. The Kier molecular flexibility index (Phi) is 12.4. The zero-order valence-electron chi connectivity index (χ0n) is 33.5. The molecule has 4 heterocycles. The molecule has 7 N–H and O–H groups in total. The molecular formula is C37H40N5O18P3. The number of esters is 1. The minimum absolute atomic E-state index is 0.0829. The zero-order chi connectivity index (χ0) is 45.8. The van der Waals surface area contributed by atoms with E-state index in [-0.39, 0.29) is 29.7 Å². The summed E-state index contributed by atoms with van der Waals surface area (Å²) in [5.41, 5.74) is 0.382. The van der Waals surface area contributed by atoms with Gasteiger partial charge in [-0.2, -0.15) is 8.62 Å². The number of fused-ring (bicyclic) bond motifs is 6. The lowest BCUT2D eigenvalue weighted by Gasteiger charge is -2.37. The molecule has 0 aliphatic carbocycles. The standard InChI is InChI=1S/C37H40N5O18P3/c1-40(2)22-8-11-25-29(15-22)56-30-16-23(41(3)4)9-12-26(30)37(25)27-14-20(7-10-24(27)35(46)58-37)33(44)38-13-5-6-21-18-42(36(47)39-34(21)45)32-17-28(43)31(57-32)19-55-62(51,52)60-63(53,54)59-61(48,49)50/h5-12,14-16,18,28,31-32,43H,13,17,19H2,1-4H3,(H,38,44)(H,51,52)(H,53,54)(H,39,45,47)(H2,48,49,50)/b6-5+. The van der Waals surface area contributed by atoms with Crippen LogP contribution in [0.5, 0.6) is 11.5 Å². The number of benzene rings is 3. The molecule has 1 aromatic heterocycles. The van der Waals surface area contributed by atoms with Crippen LogP contribution in [0.2, 0.25) is 0 Å². The highest BCUT2D eigenvalue weighted by Crippen LogP contribution is 2.66. The van der Waals surface area contributed by atoms with Crippen LogP contribution < -0.4 is 31.1 Å². The molecular weight excluding hydrogens is 895 g/mol. The van der Waals surface area contributed by atoms with E-state index in [1.54, 1.807) is 6.07 Å². The number of nitrogens with one attached hydrogen (secondary N) is 2. The molecule has 1 saturated heterocycles. The van der Waals surface area contributed by atoms with Crippen LogP contribution in [0.1, 0.15) is 55.6 Å². The van der Waals surface area contributed by atoms with Crippen LogP contribution in [0.4, 0.5) is 11.4 Å². The van der Waals surface area contributed by atoms with Crippen molar-refractivity contribution in [3.8, 4) is 11.5 Å². The average molecular weight is 936 g/mol. The van der Waals surface area contributed by atoms with E-state index in [1.165, 1.54) is 24.3 Å². The Morgan fingerprint density at radius 2 is 1.54 bits per heavy atom. The van der Waals surface area contributed by atoms with Crippen molar-refractivity contribution in [2.45, 2.75) is 30.5 Å². The number of rotatable bonds is 14. The fourth-order valence-corrected chi connectivity index (χ4v) is 10.2. The number of carbonyl (C=O) groups is 2. The molecule has 26 heteroatoms. The van der Waals surface area contributed by atoms with Crippen molar-refractivity contribution in [2.75, 3.05) is 51.1 Å². The number of hydrogen-bond acceptors (Lipinski definition) is 16. The Bertz CT molecular complexity index is 2740. The van der Waals surface area contributed by atoms with Gasteiger partial charge in [0.25, 0.3) is 11.5 Å². The van der Waals surface area contributed by atoms with Crippen molar-refractivity contribution < 1.29 is 75.3 Å². The second kappa shape index (κ2) is 17.0. The number of aliphatic hydroxyl groups excluding tert-OH is 1. The van der Waals surface area contributed by atoms with Crippen molar-refractivity contribution in [3.63, 3.8) is 0 Å².